The van der Waals surface area contributed by atoms with Gasteiger partial charge in [0, 0.05) is 17.0 Å². The number of aromatic nitrogens is 4. The summed E-state index contributed by atoms with van der Waals surface area (Å²) < 4.78 is 0. The molecule has 0 bridgehead atoms. The van der Waals surface area contributed by atoms with Crippen LogP contribution < -0.4 is 5.73 Å². The summed E-state index contributed by atoms with van der Waals surface area (Å²) in [5.41, 5.74) is 8.01. The summed E-state index contributed by atoms with van der Waals surface area (Å²) in [6.45, 7) is 0. The van der Waals surface area contributed by atoms with Crippen LogP contribution in [0.5, 0.6) is 0 Å². The van der Waals surface area contributed by atoms with Crippen LogP contribution in [0.1, 0.15) is 0 Å². The van der Waals surface area contributed by atoms with Crippen molar-refractivity contribution >= 4 is 27.5 Å². The fourth-order valence-electron chi connectivity index (χ4n) is 1.47. The Morgan fingerprint density at radius 1 is 1.33 bits per heavy atom. The van der Waals surface area contributed by atoms with Crippen LogP contribution in [0.2, 0.25) is 0 Å². The second-order valence-corrected chi connectivity index (χ2v) is 3.92. The molecule has 15 heavy (non-hydrogen) atoms. The van der Waals surface area contributed by atoms with Crippen molar-refractivity contribution in [2.75, 3.05) is 5.73 Å². The molecule has 5 nitrogen and oxygen atoms in total. The van der Waals surface area contributed by atoms with Crippen LogP contribution in [0, 0.1) is 0 Å². The number of hydrogen-bond acceptors (Lipinski definition) is 5. The van der Waals surface area contributed by atoms with Gasteiger partial charge in [-0.2, -0.15) is 0 Å². The topological polar surface area (TPSA) is 80.5 Å². The van der Waals surface area contributed by atoms with E-state index >= 15 is 0 Å². The number of H-pyrrole nitrogens is 1. The fraction of sp³-hybridized carbons (Fsp3) is 0. The van der Waals surface area contributed by atoms with Gasteiger partial charge in [-0.25, -0.2) is 15.0 Å². The van der Waals surface area contributed by atoms with Crippen LogP contribution in [0.15, 0.2) is 24.0 Å². The molecular formula is C9H7N5S. The van der Waals surface area contributed by atoms with Gasteiger partial charge in [0.25, 0.3) is 0 Å². The summed E-state index contributed by atoms with van der Waals surface area (Å²) >= 11 is 1.41. The molecular weight excluding hydrogens is 210 g/mol. The SMILES string of the molecule is Nc1nc(-c2ncnc3[nH]ccc23)cs1. The Bertz CT molecular complexity index is 612. The molecule has 0 aliphatic heterocycles. The summed E-state index contributed by atoms with van der Waals surface area (Å²) in [6, 6.07) is 1.93. The monoisotopic (exact) mass is 217 g/mol. The highest BCUT2D eigenvalue weighted by atomic mass is 32.1. The van der Waals surface area contributed by atoms with Gasteiger partial charge in [-0.15, -0.1) is 11.3 Å². The average molecular weight is 217 g/mol. The number of aromatic amines is 1. The lowest BCUT2D eigenvalue weighted by atomic mass is 10.2. The first kappa shape index (κ1) is 8.37. The van der Waals surface area contributed by atoms with Crippen LogP contribution in [-0.2, 0) is 0 Å². The Hall–Kier alpha value is -1.95. The third-order valence-corrected chi connectivity index (χ3v) is 2.79. The van der Waals surface area contributed by atoms with E-state index in [4.69, 9.17) is 5.73 Å². The molecule has 3 aromatic rings. The van der Waals surface area contributed by atoms with E-state index in [2.05, 4.69) is 19.9 Å². The van der Waals surface area contributed by atoms with Crippen molar-refractivity contribution in [3.8, 4) is 11.4 Å². The van der Waals surface area contributed by atoms with Crippen LogP contribution in [0.4, 0.5) is 5.13 Å². The van der Waals surface area contributed by atoms with Crippen molar-refractivity contribution < 1.29 is 0 Å². The van der Waals surface area contributed by atoms with Crippen LogP contribution in [-0.4, -0.2) is 19.9 Å². The van der Waals surface area contributed by atoms with Crippen molar-refractivity contribution in [3.63, 3.8) is 0 Å². The number of fused-ring (bicyclic) bond motifs is 1. The van der Waals surface area contributed by atoms with Crippen molar-refractivity contribution in [1.29, 1.82) is 0 Å². The number of nitrogens with two attached hydrogens (primary N) is 1. The molecule has 3 heterocycles. The fourth-order valence-corrected chi connectivity index (χ4v) is 2.02. The van der Waals surface area contributed by atoms with E-state index in [1.165, 1.54) is 17.7 Å². The Balaban J connectivity index is 2.30. The first-order chi connectivity index (χ1) is 7.34. The van der Waals surface area contributed by atoms with Gasteiger partial charge < -0.3 is 10.7 Å². The molecule has 3 rings (SSSR count). The number of anilines is 1. The highest BCUT2D eigenvalue weighted by Crippen LogP contribution is 2.26. The second-order valence-electron chi connectivity index (χ2n) is 3.03. The van der Waals surface area contributed by atoms with E-state index in [0.717, 1.165) is 22.4 Å². The number of rotatable bonds is 1. The van der Waals surface area contributed by atoms with Gasteiger partial charge in [0.2, 0.25) is 0 Å². The lowest BCUT2D eigenvalue weighted by Crippen LogP contribution is -1.88. The van der Waals surface area contributed by atoms with Crippen LogP contribution in [0.3, 0.4) is 0 Å². The molecule has 0 aromatic carbocycles. The normalized spacial score (nSPS) is 10.9. The smallest absolute Gasteiger partial charge is 0.180 e. The zero-order chi connectivity index (χ0) is 10.3. The molecule has 6 heteroatoms. The third kappa shape index (κ3) is 1.26. The largest absolute Gasteiger partial charge is 0.375 e. The Morgan fingerprint density at radius 2 is 2.27 bits per heavy atom. The maximum atomic E-state index is 5.59. The summed E-state index contributed by atoms with van der Waals surface area (Å²) in [7, 11) is 0. The van der Waals surface area contributed by atoms with Gasteiger partial charge in [-0.1, -0.05) is 0 Å². The number of nitrogens with zero attached hydrogens (tertiary/aromatic N) is 3. The molecule has 74 valence electrons. The van der Waals surface area contributed by atoms with Crippen molar-refractivity contribution in [2.45, 2.75) is 0 Å². The molecule has 3 N–H and O–H groups in total. The Morgan fingerprint density at radius 3 is 3.07 bits per heavy atom. The van der Waals surface area contributed by atoms with E-state index in [-0.39, 0.29) is 0 Å². The molecule has 0 spiro atoms. The third-order valence-electron chi connectivity index (χ3n) is 2.12. The Labute approximate surface area is 89.0 Å². The first-order valence-electron chi connectivity index (χ1n) is 4.34. The maximum absolute atomic E-state index is 5.59. The molecule has 0 saturated heterocycles. The van der Waals surface area contributed by atoms with Gasteiger partial charge >= 0.3 is 0 Å². The second kappa shape index (κ2) is 3.03. The molecule has 0 aliphatic rings. The van der Waals surface area contributed by atoms with Gasteiger partial charge in [-0.05, 0) is 6.07 Å². The van der Waals surface area contributed by atoms with Gasteiger partial charge in [0.1, 0.15) is 23.4 Å². The maximum Gasteiger partial charge on any atom is 0.180 e. The zero-order valence-electron chi connectivity index (χ0n) is 7.64. The van der Waals surface area contributed by atoms with Gasteiger partial charge in [0.15, 0.2) is 5.13 Å². The molecule has 0 unspecified atom stereocenters. The molecule has 0 amide bonds. The highest BCUT2D eigenvalue weighted by molar-refractivity contribution is 7.13. The van der Waals surface area contributed by atoms with E-state index < -0.39 is 0 Å². The number of hydrogen-bond donors (Lipinski definition) is 2. The number of nitrogens with one attached hydrogen (secondary N) is 1. The van der Waals surface area contributed by atoms with Crippen LogP contribution in [0.25, 0.3) is 22.4 Å². The van der Waals surface area contributed by atoms with E-state index in [0.29, 0.717) is 5.13 Å². The highest BCUT2D eigenvalue weighted by Gasteiger charge is 2.09. The minimum atomic E-state index is 0.548. The lowest BCUT2D eigenvalue weighted by molar-refractivity contribution is 1.19. The summed E-state index contributed by atoms with van der Waals surface area (Å²) in [4.78, 5) is 15.6. The quantitative estimate of drug-likeness (QED) is 0.649. The van der Waals surface area contributed by atoms with Crippen molar-refractivity contribution in [3.05, 3.63) is 24.0 Å². The summed E-state index contributed by atoms with van der Waals surface area (Å²) in [5.74, 6) is 0. The van der Waals surface area contributed by atoms with Gasteiger partial charge in [-0.3, -0.25) is 0 Å². The lowest BCUT2D eigenvalue weighted by Gasteiger charge is -1.96. The average Bonchev–Trinajstić information content (AvgIpc) is 2.84. The zero-order valence-corrected chi connectivity index (χ0v) is 8.45. The van der Waals surface area contributed by atoms with Crippen molar-refractivity contribution in [2.24, 2.45) is 0 Å². The van der Waals surface area contributed by atoms with E-state index in [1.807, 2.05) is 17.6 Å². The summed E-state index contributed by atoms with van der Waals surface area (Å²) in [6.07, 6.45) is 3.35. The first-order valence-corrected chi connectivity index (χ1v) is 5.22. The number of thiazole rings is 1. The predicted octanol–water partition coefficient (Wildman–Crippen LogP) is 1.66. The van der Waals surface area contributed by atoms with Crippen molar-refractivity contribution in [1.82, 2.24) is 19.9 Å². The molecule has 0 fully saturated rings. The molecule has 3 aromatic heterocycles. The Kier molecular flexibility index (Phi) is 1.69. The minimum absolute atomic E-state index is 0.548. The van der Waals surface area contributed by atoms with Gasteiger partial charge in [0.05, 0.1) is 0 Å². The predicted molar refractivity (Wildman–Crippen MR) is 59.4 cm³/mol. The molecule has 0 atom stereocenters. The van der Waals surface area contributed by atoms with E-state index in [9.17, 15) is 0 Å². The number of nitrogen functional groups attached to an aromatic ring is 1. The molecule has 0 saturated carbocycles. The summed E-state index contributed by atoms with van der Waals surface area (Å²) in [5, 5.41) is 3.40. The molecule has 0 aliphatic carbocycles. The van der Waals surface area contributed by atoms with Crippen LogP contribution >= 0.6 is 11.3 Å². The van der Waals surface area contributed by atoms with E-state index in [1.54, 1.807) is 0 Å². The standard InChI is InChI=1S/C9H7N5S/c10-9-14-6(3-15-9)7-5-1-2-11-8(5)13-4-12-7/h1-4H,(H2,10,14)(H,11,12,13). The molecule has 0 radical (unpaired) electrons. The minimum Gasteiger partial charge on any atom is -0.375 e.